The van der Waals surface area contributed by atoms with Crippen molar-refractivity contribution in [1.29, 1.82) is 0 Å². The summed E-state index contributed by atoms with van der Waals surface area (Å²) in [7, 11) is -3.45. The maximum atomic E-state index is 12.4. The number of unbranched alkanes of at least 4 members (excludes halogenated alkanes) is 1. The van der Waals surface area contributed by atoms with Gasteiger partial charge >= 0.3 is 0 Å². The number of carbonyl (C=O) groups excluding carboxylic acids is 1. The fraction of sp³-hybridized carbons (Fsp3) is 0.278. The number of benzene rings is 2. The van der Waals surface area contributed by atoms with Gasteiger partial charge in [-0.15, -0.1) is 0 Å². The first-order chi connectivity index (χ1) is 11.4. The topological polar surface area (TPSA) is 75.3 Å². The summed E-state index contributed by atoms with van der Waals surface area (Å²) in [5, 5.41) is 2.79. The normalized spacial score (nSPS) is 11.1. The van der Waals surface area contributed by atoms with Crippen LogP contribution in [0.3, 0.4) is 0 Å². The van der Waals surface area contributed by atoms with Crippen LogP contribution in [0.1, 0.15) is 35.7 Å². The minimum Gasteiger partial charge on any atom is -0.322 e. The van der Waals surface area contributed by atoms with E-state index >= 15 is 0 Å². The van der Waals surface area contributed by atoms with Crippen molar-refractivity contribution in [2.75, 3.05) is 16.3 Å². The van der Waals surface area contributed by atoms with E-state index in [0.29, 0.717) is 5.69 Å². The quantitative estimate of drug-likeness (QED) is 0.803. The largest absolute Gasteiger partial charge is 0.322 e. The van der Waals surface area contributed by atoms with Crippen LogP contribution < -0.4 is 10.0 Å². The third-order valence-electron chi connectivity index (χ3n) is 3.50. The van der Waals surface area contributed by atoms with Gasteiger partial charge in [-0.2, -0.15) is 0 Å². The van der Waals surface area contributed by atoms with Gasteiger partial charge in [-0.25, -0.2) is 8.42 Å². The molecular weight excluding hydrogens is 324 g/mol. The molecule has 0 aliphatic heterocycles. The lowest BCUT2D eigenvalue weighted by molar-refractivity contribution is 0.102. The Kier molecular flexibility index (Phi) is 5.98. The van der Waals surface area contributed by atoms with Gasteiger partial charge in [-0.1, -0.05) is 37.6 Å². The molecule has 0 aliphatic rings. The fourth-order valence-corrected chi connectivity index (χ4v) is 2.88. The predicted molar refractivity (Wildman–Crippen MR) is 97.9 cm³/mol. The lowest BCUT2D eigenvalue weighted by Crippen LogP contribution is -2.17. The van der Waals surface area contributed by atoms with Gasteiger partial charge in [0.15, 0.2) is 0 Å². The van der Waals surface area contributed by atoms with E-state index in [4.69, 9.17) is 0 Å². The van der Waals surface area contributed by atoms with Gasteiger partial charge < -0.3 is 5.32 Å². The van der Waals surface area contributed by atoms with Gasteiger partial charge in [0, 0.05) is 5.69 Å². The van der Waals surface area contributed by atoms with Crippen molar-refractivity contribution >= 4 is 27.3 Å². The SMILES string of the molecule is CCCCc1ccc(NC(=O)c2ccccc2NS(C)(=O)=O)cc1. The van der Waals surface area contributed by atoms with Crippen LogP contribution >= 0.6 is 0 Å². The smallest absolute Gasteiger partial charge is 0.257 e. The Morgan fingerprint density at radius 3 is 2.33 bits per heavy atom. The zero-order valence-corrected chi connectivity index (χ0v) is 14.7. The Morgan fingerprint density at radius 2 is 1.71 bits per heavy atom. The molecule has 0 spiro atoms. The number of aryl methyl sites for hydroxylation is 1. The molecule has 0 aliphatic carbocycles. The zero-order valence-electron chi connectivity index (χ0n) is 13.9. The molecule has 1 amide bonds. The highest BCUT2D eigenvalue weighted by atomic mass is 32.2. The summed E-state index contributed by atoms with van der Waals surface area (Å²) in [6.45, 7) is 2.15. The number of amides is 1. The highest BCUT2D eigenvalue weighted by Gasteiger charge is 2.13. The second-order valence-electron chi connectivity index (χ2n) is 5.67. The van der Waals surface area contributed by atoms with E-state index in [1.165, 1.54) is 5.56 Å². The monoisotopic (exact) mass is 346 g/mol. The maximum absolute atomic E-state index is 12.4. The first-order valence-electron chi connectivity index (χ1n) is 7.86. The van der Waals surface area contributed by atoms with Crippen molar-refractivity contribution in [3.05, 3.63) is 59.7 Å². The average molecular weight is 346 g/mol. The van der Waals surface area contributed by atoms with Crippen molar-refractivity contribution in [1.82, 2.24) is 0 Å². The molecule has 2 rings (SSSR count). The standard InChI is InChI=1S/C18H22N2O3S/c1-3-4-7-14-10-12-15(13-11-14)19-18(21)16-8-5-6-9-17(16)20-24(2,22)23/h5-6,8-13,20H,3-4,7H2,1-2H3,(H,19,21). The van der Waals surface area contributed by atoms with Crippen LogP contribution in [0, 0.1) is 0 Å². The summed E-state index contributed by atoms with van der Waals surface area (Å²) >= 11 is 0. The van der Waals surface area contributed by atoms with Crippen molar-refractivity contribution in [2.45, 2.75) is 26.2 Å². The van der Waals surface area contributed by atoms with Gasteiger partial charge in [-0.05, 0) is 42.7 Å². The van der Waals surface area contributed by atoms with Crippen LogP contribution in [0.5, 0.6) is 0 Å². The number of hydrogen-bond acceptors (Lipinski definition) is 3. The molecule has 6 heteroatoms. The molecule has 0 bridgehead atoms. The van der Waals surface area contributed by atoms with Crippen LogP contribution in [0.15, 0.2) is 48.5 Å². The van der Waals surface area contributed by atoms with E-state index in [0.717, 1.165) is 25.5 Å². The van der Waals surface area contributed by atoms with E-state index < -0.39 is 10.0 Å². The fourth-order valence-electron chi connectivity index (χ4n) is 2.30. The molecule has 0 fully saturated rings. The van der Waals surface area contributed by atoms with Crippen LogP contribution in [0.2, 0.25) is 0 Å². The Balaban J connectivity index is 2.12. The second kappa shape index (κ2) is 7.97. The number of rotatable bonds is 7. The van der Waals surface area contributed by atoms with Crippen molar-refractivity contribution in [3.63, 3.8) is 0 Å². The molecular formula is C18H22N2O3S. The van der Waals surface area contributed by atoms with E-state index in [1.807, 2.05) is 24.3 Å². The van der Waals surface area contributed by atoms with Gasteiger partial charge in [0.2, 0.25) is 10.0 Å². The molecule has 128 valence electrons. The molecule has 2 aromatic carbocycles. The second-order valence-corrected chi connectivity index (χ2v) is 7.42. The summed E-state index contributed by atoms with van der Waals surface area (Å²) in [4.78, 5) is 12.4. The van der Waals surface area contributed by atoms with Gasteiger partial charge in [0.25, 0.3) is 5.91 Å². The number of carbonyl (C=O) groups is 1. The number of nitrogens with one attached hydrogen (secondary N) is 2. The third-order valence-corrected chi connectivity index (χ3v) is 4.09. The third kappa shape index (κ3) is 5.38. The minimum absolute atomic E-state index is 0.261. The zero-order chi connectivity index (χ0) is 17.6. The summed E-state index contributed by atoms with van der Waals surface area (Å²) in [6.07, 6.45) is 4.35. The highest BCUT2D eigenvalue weighted by molar-refractivity contribution is 7.92. The lowest BCUT2D eigenvalue weighted by atomic mass is 10.1. The van der Waals surface area contributed by atoms with Crippen LogP contribution in [0.25, 0.3) is 0 Å². The molecule has 0 saturated heterocycles. The van der Waals surface area contributed by atoms with Crippen molar-refractivity contribution in [3.8, 4) is 0 Å². The van der Waals surface area contributed by atoms with E-state index in [2.05, 4.69) is 17.0 Å². The predicted octanol–water partition coefficient (Wildman–Crippen LogP) is 3.65. The summed E-state index contributed by atoms with van der Waals surface area (Å²) in [6, 6.07) is 14.2. The molecule has 0 aromatic heterocycles. The molecule has 0 unspecified atom stereocenters. The number of hydrogen-bond donors (Lipinski definition) is 2. The molecule has 0 atom stereocenters. The first kappa shape index (κ1) is 18.0. The highest BCUT2D eigenvalue weighted by Crippen LogP contribution is 2.19. The Labute approximate surface area is 143 Å². The summed E-state index contributed by atoms with van der Waals surface area (Å²) in [5.74, 6) is -0.358. The molecule has 0 saturated carbocycles. The molecule has 2 N–H and O–H groups in total. The van der Waals surface area contributed by atoms with E-state index in [9.17, 15) is 13.2 Å². The molecule has 2 aromatic rings. The molecule has 24 heavy (non-hydrogen) atoms. The van der Waals surface area contributed by atoms with Crippen LogP contribution in [0.4, 0.5) is 11.4 Å². The Bertz CT molecular complexity index is 799. The Hall–Kier alpha value is -2.34. The molecule has 0 radical (unpaired) electrons. The first-order valence-corrected chi connectivity index (χ1v) is 9.75. The molecule has 5 nitrogen and oxygen atoms in total. The Morgan fingerprint density at radius 1 is 1.04 bits per heavy atom. The summed E-state index contributed by atoms with van der Waals surface area (Å²) in [5.41, 5.74) is 2.44. The minimum atomic E-state index is -3.45. The number of sulfonamides is 1. The number of anilines is 2. The van der Waals surface area contributed by atoms with Gasteiger partial charge in [-0.3, -0.25) is 9.52 Å². The van der Waals surface area contributed by atoms with Crippen LogP contribution in [-0.2, 0) is 16.4 Å². The maximum Gasteiger partial charge on any atom is 0.257 e. The van der Waals surface area contributed by atoms with Crippen LogP contribution in [-0.4, -0.2) is 20.6 Å². The van der Waals surface area contributed by atoms with E-state index in [-0.39, 0.29) is 17.2 Å². The lowest BCUT2D eigenvalue weighted by Gasteiger charge is -2.11. The van der Waals surface area contributed by atoms with E-state index in [1.54, 1.807) is 24.3 Å². The molecule has 0 heterocycles. The average Bonchev–Trinajstić information content (AvgIpc) is 2.53. The number of para-hydroxylation sites is 1. The summed E-state index contributed by atoms with van der Waals surface area (Å²) < 4.78 is 25.2. The van der Waals surface area contributed by atoms with Gasteiger partial charge in [0.05, 0.1) is 17.5 Å². The van der Waals surface area contributed by atoms with Crippen molar-refractivity contribution in [2.24, 2.45) is 0 Å². The van der Waals surface area contributed by atoms with Crippen molar-refractivity contribution < 1.29 is 13.2 Å². The van der Waals surface area contributed by atoms with Gasteiger partial charge in [0.1, 0.15) is 0 Å².